The van der Waals surface area contributed by atoms with E-state index in [1.807, 2.05) is 0 Å². The first-order valence-corrected chi connectivity index (χ1v) is 7.31. The van der Waals surface area contributed by atoms with E-state index in [1.54, 1.807) is 18.2 Å². The van der Waals surface area contributed by atoms with Crippen molar-refractivity contribution < 1.29 is 27.8 Å². The zero-order valence-corrected chi connectivity index (χ0v) is 13.5. The van der Waals surface area contributed by atoms with Crippen molar-refractivity contribution in [1.82, 2.24) is 4.90 Å². The van der Waals surface area contributed by atoms with Crippen molar-refractivity contribution in [3.63, 3.8) is 0 Å². The number of halogens is 2. The number of piperidine rings is 1. The molecule has 0 aromatic heterocycles. The Bertz CT molecular complexity index is 565. The third kappa shape index (κ3) is 3.72. The molecule has 1 aliphatic rings. The van der Waals surface area contributed by atoms with Gasteiger partial charge in [0.2, 0.25) is 0 Å². The standard InChI is InChI=1S/C16H21F2NO4/c1-21-10-11-9-19(7-6-16(11,17)18)15(20)13-5-4-12(22-2)8-14(13)23-3/h4-5,8,11H,6-7,9-10H2,1-3H3. The average molecular weight is 329 g/mol. The van der Waals surface area contributed by atoms with Gasteiger partial charge >= 0.3 is 0 Å². The molecule has 7 heteroatoms. The first-order chi connectivity index (χ1) is 10.9. The highest BCUT2D eigenvalue weighted by Crippen LogP contribution is 2.35. The van der Waals surface area contributed by atoms with Gasteiger partial charge in [0.25, 0.3) is 11.8 Å². The second kappa shape index (κ2) is 7.12. The molecule has 0 aliphatic carbocycles. The molecule has 1 amide bonds. The lowest BCUT2D eigenvalue weighted by Gasteiger charge is -2.38. The Hall–Kier alpha value is -1.89. The molecule has 1 saturated heterocycles. The number of nitrogens with zero attached hydrogens (tertiary/aromatic N) is 1. The molecule has 23 heavy (non-hydrogen) atoms. The topological polar surface area (TPSA) is 48.0 Å². The molecule has 0 radical (unpaired) electrons. The SMILES string of the molecule is COCC1CN(C(=O)c2ccc(OC)cc2OC)CCC1(F)F. The van der Waals surface area contributed by atoms with Crippen LogP contribution in [0.1, 0.15) is 16.8 Å². The van der Waals surface area contributed by atoms with Gasteiger partial charge in [-0.25, -0.2) is 8.78 Å². The van der Waals surface area contributed by atoms with Gasteiger partial charge < -0.3 is 19.1 Å². The molecule has 1 atom stereocenters. The predicted molar refractivity (Wildman–Crippen MR) is 80.4 cm³/mol. The lowest BCUT2D eigenvalue weighted by molar-refractivity contribution is -0.118. The Morgan fingerprint density at radius 1 is 1.30 bits per heavy atom. The maximum absolute atomic E-state index is 13.9. The number of methoxy groups -OCH3 is 3. The number of alkyl halides is 2. The number of benzene rings is 1. The maximum atomic E-state index is 13.9. The van der Waals surface area contributed by atoms with Crippen molar-refractivity contribution in [1.29, 1.82) is 0 Å². The second-order valence-electron chi connectivity index (χ2n) is 5.48. The maximum Gasteiger partial charge on any atom is 0.257 e. The number of rotatable bonds is 5. The van der Waals surface area contributed by atoms with Crippen LogP contribution in [0, 0.1) is 5.92 Å². The van der Waals surface area contributed by atoms with Crippen LogP contribution in [-0.2, 0) is 4.74 Å². The van der Waals surface area contributed by atoms with E-state index >= 15 is 0 Å². The van der Waals surface area contributed by atoms with Crippen LogP contribution in [0.5, 0.6) is 11.5 Å². The van der Waals surface area contributed by atoms with Gasteiger partial charge in [-0.1, -0.05) is 0 Å². The summed E-state index contributed by atoms with van der Waals surface area (Å²) in [5, 5.41) is 0. The minimum Gasteiger partial charge on any atom is -0.497 e. The number of hydrogen-bond donors (Lipinski definition) is 0. The molecule has 1 aliphatic heterocycles. The van der Waals surface area contributed by atoms with Crippen LogP contribution in [0.4, 0.5) is 8.78 Å². The summed E-state index contributed by atoms with van der Waals surface area (Å²) in [6.45, 7) is -0.132. The minimum absolute atomic E-state index is 0.00122. The summed E-state index contributed by atoms with van der Waals surface area (Å²) in [7, 11) is 4.34. The molecule has 5 nitrogen and oxygen atoms in total. The van der Waals surface area contributed by atoms with Crippen LogP contribution in [0.15, 0.2) is 18.2 Å². The van der Waals surface area contributed by atoms with E-state index in [4.69, 9.17) is 14.2 Å². The van der Waals surface area contributed by atoms with Crippen LogP contribution in [-0.4, -0.2) is 57.8 Å². The highest BCUT2D eigenvalue weighted by atomic mass is 19.3. The summed E-state index contributed by atoms with van der Waals surface area (Å²) in [5.41, 5.74) is 0.328. The van der Waals surface area contributed by atoms with Crippen LogP contribution < -0.4 is 9.47 Å². The quantitative estimate of drug-likeness (QED) is 0.832. The molecule has 1 aromatic carbocycles. The number of likely N-dealkylation sites (tertiary alicyclic amines) is 1. The highest BCUT2D eigenvalue weighted by Gasteiger charge is 2.45. The van der Waals surface area contributed by atoms with Gasteiger partial charge in [-0.2, -0.15) is 0 Å². The Labute approximate surface area is 134 Å². The van der Waals surface area contributed by atoms with Crippen LogP contribution in [0.3, 0.4) is 0 Å². The van der Waals surface area contributed by atoms with Crippen molar-refractivity contribution >= 4 is 5.91 Å². The molecule has 0 spiro atoms. The summed E-state index contributed by atoms with van der Waals surface area (Å²) in [5.74, 6) is -3.25. The third-order valence-corrected chi connectivity index (χ3v) is 4.05. The van der Waals surface area contributed by atoms with E-state index < -0.39 is 11.8 Å². The normalized spacial score (nSPS) is 20.2. The van der Waals surface area contributed by atoms with Gasteiger partial charge in [0.15, 0.2) is 0 Å². The summed E-state index contributed by atoms with van der Waals surface area (Å²) in [6, 6.07) is 4.82. The van der Waals surface area contributed by atoms with Crippen molar-refractivity contribution in [3.8, 4) is 11.5 Å². The molecule has 0 saturated carbocycles. The first-order valence-electron chi connectivity index (χ1n) is 7.31. The van der Waals surface area contributed by atoms with Crippen LogP contribution in [0.25, 0.3) is 0 Å². The molecule has 2 rings (SSSR count). The molecule has 1 heterocycles. The number of amides is 1. The molecular formula is C16H21F2NO4. The van der Waals surface area contributed by atoms with Gasteiger partial charge in [-0.15, -0.1) is 0 Å². The first kappa shape index (κ1) is 17.5. The highest BCUT2D eigenvalue weighted by molar-refractivity contribution is 5.97. The fraction of sp³-hybridized carbons (Fsp3) is 0.562. The summed E-state index contributed by atoms with van der Waals surface area (Å²) in [6.07, 6.45) is -0.370. The van der Waals surface area contributed by atoms with E-state index in [1.165, 1.54) is 26.2 Å². The monoisotopic (exact) mass is 329 g/mol. The fourth-order valence-electron chi connectivity index (χ4n) is 2.68. The Morgan fingerprint density at radius 2 is 2.04 bits per heavy atom. The number of ether oxygens (including phenoxy) is 3. The van der Waals surface area contributed by atoms with Gasteiger partial charge in [-0.3, -0.25) is 4.79 Å². The minimum atomic E-state index is -2.82. The molecule has 0 bridgehead atoms. The van der Waals surface area contributed by atoms with E-state index in [0.29, 0.717) is 17.1 Å². The zero-order valence-electron chi connectivity index (χ0n) is 13.5. The predicted octanol–water partition coefficient (Wildman–Crippen LogP) is 2.45. The van der Waals surface area contributed by atoms with Gasteiger partial charge in [0.05, 0.1) is 32.3 Å². The Kier molecular flexibility index (Phi) is 5.41. The average Bonchev–Trinajstić information content (AvgIpc) is 2.55. The van der Waals surface area contributed by atoms with Crippen molar-refractivity contribution in [2.75, 3.05) is 41.0 Å². The van der Waals surface area contributed by atoms with Crippen LogP contribution in [0.2, 0.25) is 0 Å². The Balaban J connectivity index is 2.20. The summed E-state index contributed by atoms with van der Waals surface area (Å²) in [4.78, 5) is 14.1. The van der Waals surface area contributed by atoms with Crippen molar-refractivity contribution in [2.24, 2.45) is 5.92 Å². The summed E-state index contributed by atoms with van der Waals surface area (Å²) < 4.78 is 42.9. The van der Waals surface area contributed by atoms with E-state index in [2.05, 4.69) is 0 Å². The molecule has 1 aromatic rings. The molecule has 0 N–H and O–H groups in total. The van der Waals surface area contributed by atoms with Gasteiger partial charge in [-0.05, 0) is 12.1 Å². The largest absolute Gasteiger partial charge is 0.497 e. The van der Waals surface area contributed by atoms with E-state index in [9.17, 15) is 13.6 Å². The smallest absolute Gasteiger partial charge is 0.257 e. The molecular weight excluding hydrogens is 308 g/mol. The summed E-state index contributed by atoms with van der Waals surface area (Å²) >= 11 is 0. The van der Waals surface area contributed by atoms with Crippen molar-refractivity contribution in [2.45, 2.75) is 12.3 Å². The zero-order chi connectivity index (χ0) is 17.0. The molecule has 1 unspecified atom stereocenters. The fourth-order valence-corrected chi connectivity index (χ4v) is 2.68. The van der Waals surface area contributed by atoms with Gasteiger partial charge in [0.1, 0.15) is 11.5 Å². The lowest BCUT2D eigenvalue weighted by Crippen LogP contribution is -2.50. The van der Waals surface area contributed by atoms with Crippen molar-refractivity contribution in [3.05, 3.63) is 23.8 Å². The lowest BCUT2D eigenvalue weighted by atomic mass is 9.93. The number of carbonyl (C=O) groups is 1. The van der Waals surface area contributed by atoms with Gasteiger partial charge in [0, 0.05) is 32.7 Å². The molecule has 1 fully saturated rings. The molecule has 128 valence electrons. The van der Waals surface area contributed by atoms with E-state index in [0.717, 1.165) is 0 Å². The van der Waals surface area contributed by atoms with E-state index in [-0.39, 0.29) is 32.0 Å². The van der Waals surface area contributed by atoms with Crippen LogP contribution >= 0.6 is 0 Å². The third-order valence-electron chi connectivity index (χ3n) is 4.05. The Morgan fingerprint density at radius 3 is 2.65 bits per heavy atom. The number of carbonyl (C=O) groups excluding carboxylic acids is 1. The second-order valence-corrected chi connectivity index (χ2v) is 5.48. The number of hydrogen-bond acceptors (Lipinski definition) is 4.